The fraction of sp³-hybridized carbons (Fsp3) is 0.222. The summed E-state index contributed by atoms with van der Waals surface area (Å²) in [6.07, 6.45) is 1.08. The van der Waals surface area contributed by atoms with Crippen molar-refractivity contribution < 1.29 is 14.3 Å². The summed E-state index contributed by atoms with van der Waals surface area (Å²) < 4.78 is 10.9. The average Bonchev–Trinajstić information content (AvgIpc) is 3.02. The van der Waals surface area contributed by atoms with E-state index < -0.39 is 0 Å². The van der Waals surface area contributed by atoms with Gasteiger partial charge in [-0.25, -0.2) is 0 Å². The number of methoxy groups -OCH3 is 2. The van der Waals surface area contributed by atoms with Crippen molar-refractivity contribution in [2.45, 2.75) is 24.8 Å². The molecule has 34 heavy (non-hydrogen) atoms. The van der Waals surface area contributed by atoms with Gasteiger partial charge in [0.05, 0.1) is 41.7 Å². The lowest BCUT2D eigenvalue weighted by atomic mass is 9.78. The standard InChI is InChI=1S/C27H24Cl2N2O3/c1-33-24-10-8-15(14-25(24)34-2)17-12-22-26(23(32)13-17)27(16-7-9-18(28)19(29)11-16)31-21-6-4-3-5-20(21)30-22/h3-11,14,17,27,30-31H,12-13H2,1-2H3/t17-,27+/m1/s1. The van der Waals surface area contributed by atoms with Crippen LogP contribution in [0.5, 0.6) is 11.5 Å². The Balaban J connectivity index is 1.59. The first-order valence-corrected chi connectivity index (χ1v) is 11.8. The summed E-state index contributed by atoms with van der Waals surface area (Å²) in [5.74, 6) is 1.42. The van der Waals surface area contributed by atoms with Gasteiger partial charge in [-0.3, -0.25) is 4.79 Å². The molecule has 1 aliphatic heterocycles. The van der Waals surface area contributed by atoms with Gasteiger partial charge in [0.25, 0.3) is 0 Å². The second kappa shape index (κ2) is 9.24. The highest BCUT2D eigenvalue weighted by atomic mass is 35.5. The normalized spacial score (nSPS) is 19.4. The van der Waals surface area contributed by atoms with Gasteiger partial charge in [0.15, 0.2) is 17.3 Å². The summed E-state index contributed by atoms with van der Waals surface area (Å²) in [4.78, 5) is 13.7. The Morgan fingerprint density at radius 1 is 0.824 bits per heavy atom. The van der Waals surface area contributed by atoms with Crippen molar-refractivity contribution in [2.24, 2.45) is 0 Å². The number of ether oxygens (including phenoxy) is 2. The van der Waals surface area contributed by atoms with E-state index in [-0.39, 0.29) is 17.7 Å². The Labute approximate surface area is 208 Å². The molecule has 0 unspecified atom stereocenters. The lowest BCUT2D eigenvalue weighted by Crippen LogP contribution is -2.26. The maximum absolute atomic E-state index is 13.7. The van der Waals surface area contributed by atoms with E-state index in [1.165, 1.54) is 0 Å². The SMILES string of the molecule is COc1ccc([C@H]2CC(=O)C3=C(C2)Nc2ccccc2N[C@H]3c2ccc(Cl)c(Cl)c2)cc1OC. The number of anilines is 2. The van der Waals surface area contributed by atoms with Crippen LogP contribution in [0.15, 0.2) is 71.9 Å². The highest BCUT2D eigenvalue weighted by molar-refractivity contribution is 6.42. The number of ketones is 1. The predicted molar refractivity (Wildman–Crippen MR) is 136 cm³/mol. The number of fused-ring (bicyclic) bond motifs is 1. The summed E-state index contributed by atoms with van der Waals surface area (Å²) in [6, 6.07) is 19.0. The minimum Gasteiger partial charge on any atom is -0.493 e. The highest BCUT2D eigenvalue weighted by Gasteiger charge is 2.36. The zero-order valence-corrected chi connectivity index (χ0v) is 20.3. The van der Waals surface area contributed by atoms with Gasteiger partial charge >= 0.3 is 0 Å². The molecular weight excluding hydrogens is 471 g/mol. The summed E-state index contributed by atoms with van der Waals surface area (Å²) in [7, 11) is 3.23. The fourth-order valence-corrected chi connectivity index (χ4v) is 5.08. The van der Waals surface area contributed by atoms with Gasteiger partial charge in [-0.2, -0.15) is 0 Å². The molecule has 1 heterocycles. The molecule has 0 amide bonds. The molecule has 2 atom stereocenters. The molecule has 0 radical (unpaired) electrons. The van der Waals surface area contributed by atoms with Gasteiger partial charge in [-0.05, 0) is 59.9 Å². The highest BCUT2D eigenvalue weighted by Crippen LogP contribution is 2.45. The van der Waals surface area contributed by atoms with Gasteiger partial charge in [-0.15, -0.1) is 0 Å². The smallest absolute Gasteiger partial charge is 0.163 e. The van der Waals surface area contributed by atoms with E-state index >= 15 is 0 Å². The minimum atomic E-state index is -0.347. The third-order valence-electron chi connectivity index (χ3n) is 6.46. The van der Waals surface area contributed by atoms with Crippen molar-refractivity contribution >= 4 is 40.4 Å². The Hall–Kier alpha value is -3.15. The van der Waals surface area contributed by atoms with Crippen LogP contribution in [-0.2, 0) is 4.79 Å². The Morgan fingerprint density at radius 3 is 2.29 bits per heavy atom. The number of hydrogen-bond donors (Lipinski definition) is 2. The molecular formula is C27H24Cl2N2O3. The summed E-state index contributed by atoms with van der Waals surface area (Å²) >= 11 is 12.5. The van der Waals surface area contributed by atoms with Crippen LogP contribution in [0.25, 0.3) is 0 Å². The Kier molecular flexibility index (Phi) is 6.15. The molecule has 5 rings (SSSR count). The maximum Gasteiger partial charge on any atom is 0.163 e. The number of benzene rings is 3. The maximum atomic E-state index is 13.7. The lowest BCUT2D eigenvalue weighted by molar-refractivity contribution is -0.116. The lowest BCUT2D eigenvalue weighted by Gasteiger charge is -2.30. The number of allylic oxidation sites excluding steroid dienone is 1. The van der Waals surface area contributed by atoms with Crippen molar-refractivity contribution in [3.05, 3.63) is 93.1 Å². The topological polar surface area (TPSA) is 59.6 Å². The fourth-order valence-electron chi connectivity index (χ4n) is 4.78. The first-order valence-electron chi connectivity index (χ1n) is 11.0. The predicted octanol–water partition coefficient (Wildman–Crippen LogP) is 6.99. The van der Waals surface area contributed by atoms with E-state index in [0.717, 1.165) is 33.8 Å². The van der Waals surface area contributed by atoms with E-state index in [0.29, 0.717) is 34.4 Å². The number of carbonyl (C=O) groups is 1. The van der Waals surface area contributed by atoms with E-state index in [2.05, 4.69) is 10.6 Å². The number of Topliss-reactive ketones (excluding diaryl/α,β-unsaturated/α-hetero) is 1. The van der Waals surface area contributed by atoms with Crippen LogP contribution in [0.2, 0.25) is 10.0 Å². The molecule has 3 aromatic carbocycles. The molecule has 7 heteroatoms. The van der Waals surface area contributed by atoms with E-state index in [1.807, 2.05) is 54.6 Å². The number of nitrogens with one attached hydrogen (secondary N) is 2. The van der Waals surface area contributed by atoms with Crippen LogP contribution in [0.3, 0.4) is 0 Å². The number of hydrogen-bond acceptors (Lipinski definition) is 5. The molecule has 5 nitrogen and oxygen atoms in total. The first-order chi connectivity index (χ1) is 16.5. The molecule has 3 aromatic rings. The number of carbonyl (C=O) groups excluding carboxylic acids is 1. The molecule has 0 saturated carbocycles. The number of para-hydroxylation sites is 2. The number of halogens is 2. The van der Waals surface area contributed by atoms with Crippen molar-refractivity contribution in [3.63, 3.8) is 0 Å². The molecule has 2 N–H and O–H groups in total. The average molecular weight is 495 g/mol. The van der Waals surface area contributed by atoms with Crippen LogP contribution in [-0.4, -0.2) is 20.0 Å². The van der Waals surface area contributed by atoms with Gasteiger partial charge in [-0.1, -0.05) is 47.5 Å². The molecule has 0 bridgehead atoms. The van der Waals surface area contributed by atoms with Gasteiger partial charge in [0.2, 0.25) is 0 Å². The first kappa shape index (κ1) is 22.6. The van der Waals surface area contributed by atoms with Crippen LogP contribution in [0, 0.1) is 0 Å². The molecule has 0 saturated heterocycles. The molecule has 174 valence electrons. The van der Waals surface area contributed by atoms with Gasteiger partial charge in [0, 0.05) is 17.7 Å². The Morgan fingerprint density at radius 2 is 1.56 bits per heavy atom. The van der Waals surface area contributed by atoms with Crippen LogP contribution in [0.1, 0.15) is 35.9 Å². The second-order valence-corrected chi connectivity index (χ2v) is 9.27. The van der Waals surface area contributed by atoms with Crippen LogP contribution < -0.4 is 20.1 Å². The zero-order valence-electron chi connectivity index (χ0n) is 18.8. The van der Waals surface area contributed by atoms with Crippen molar-refractivity contribution in [3.8, 4) is 11.5 Å². The molecule has 1 aliphatic carbocycles. The second-order valence-electron chi connectivity index (χ2n) is 8.46. The van der Waals surface area contributed by atoms with Crippen molar-refractivity contribution in [1.82, 2.24) is 0 Å². The largest absolute Gasteiger partial charge is 0.493 e. The van der Waals surface area contributed by atoms with E-state index in [4.69, 9.17) is 32.7 Å². The van der Waals surface area contributed by atoms with E-state index in [9.17, 15) is 4.79 Å². The molecule has 0 spiro atoms. The third kappa shape index (κ3) is 4.10. The van der Waals surface area contributed by atoms with E-state index in [1.54, 1.807) is 20.3 Å². The Bertz CT molecular complexity index is 1300. The van der Waals surface area contributed by atoms with Gasteiger partial charge in [0.1, 0.15) is 0 Å². The minimum absolute atomic E-state index is 0.0123. The quantitative estimate of drug-likeness (QED) is 0.409. The zero-order chi connectivity index (χ0) is 23.8. The third-order valence-corrected chi connectivity index (χ3v) is 7.20. The van der Waals surface area contributed by atoms with Crippen molar-refractivity contribution in [1.29, 1.82) is 0 Å². The molecule has 0 aromatic heterocycles. The summed E-state index contributed by atoms with van der Waals surface area (Å²) in [5, 5.41) is 8.05. The van der Waals surface area contributed by atoms with Crippen LogP contribution in [0.4, 0.5) is 11.4 Å². The monoisotopic (exact) mass is 494 g/mol. The van der Waals surface area contributed by atoms with Crippen molar-refractivity contribution in [2.75, 3.05) is 24.9 Å². The molecule has 2 aliphatic rings. The molecule has 0 fully saturated rings. The van der Waals surface area contributed by atoms with Gasteiger partial charge < -0.3 is 20.1 Å². The summed E-state index contributed by atoms with van der Waals surface area (Å²) in [5.41, 5.74) is 5.41. The summed E-state index contributed by atoms with van der Waals surface area (Å²) in [6.45, 7) is 0. The van der Waals surface area contributed by atoms with Crippen LogP contribution >= 0.6 is 23.2 Å². The number of rotatable bonds is 4.